The zero-order valence-electron chi connectivity index (χ0n) is 18.4. The molecule has 7 nitrogen and oxygen atoms in total. The minimum absolute atomic E-state index is 0.0751. The fourth-order valence-electron chi connectivity index (χ4n) is 4.47. The number of carboxylic acid groups (broad SMARTS) is 1. The first-order chi connectivity index (χ1) is 15.9. The first-order valence-electron chi connectivity index (χ1n) is 11.2. The first-order valence-corrected chi connectivity index (χ1v) is 11.2. The number of allylic oxidation sites excluding steroid dienone is 1. The Bertz CT molecular complexity index is 1030. The van der Waals surface area contributed by atoms with Crippen molar-refractivity contribution < 1.29 is 24.2 Å². The highest BCUT2D eigenvalue weighted by molar-refractivity contribution is 5.87. The number of carbonyl (C=O) groups excluding carboxylic acids is 2. The van der Waals surface area contributed by atoms with Gasteiger partial charge < -0.3 is 20.5 Å². The second-order valence-electron chi connectivity index (χ2n) is 8.73. The molecule has 2 aromatic carbocycles. The molecule has 2 aliphatic carbocycles. The molecule has 1 saturated carbocycles. The van der Waals surface area contributed by atoms with Gasteiger partial charge in [0, 0.05) is 5.92 Å². The van der Waals surface area contributed by atoms with E-state index in [9.17, 15) is 14.4 Å². The minimum atomic E-state index is -0.958. The van der Waals surface area contributed by atoms with Gasteiger partial charge >= 0.3 is 12.1 Å². The number of carboxylic acids is 1. The summed E-state index contributed by atoms with van der Waals surface area (Å²) in [5.41, 5.74) is 3.78. The van der Waals surface area contributed by atoms with Crippen molar-refractivity contribution in [1.82, 2.24) is 10.6 Å². The number of hydrogen-bond acceptors (Lipinski definition) is 4. The Labute approximate surface area is 192 Å². The van der Waals surface area contributed by atoms with E-state index in [1.807, 2.05) is 36.4 Å². The van der Waals surface area contributed by atoms with Crippen LogP contribution in [0, 0.1) is 0 Å². The summed E-state index contributed by atoms with van der Waals surface area (Å²) in [6.07, 6.45) is 2.97. The molecular weight excluding hydrogens is 420 g/mol. The molecule has 1 atom stereocenters. The Morgan fingerprint density at radius 1 is 1.09 bits per heavy atom. The van der Waals surface area contributed by atoms with Crippen LogP contribution in [0.2, 0.25) is 0 Å². The van der Waals surface area contributed by atoms with Crippen molar-refractivity contribution in [2.24, 2.45) is 0 Å². The Hall–Kier alpha value is -3.61. The highest BCUT2D eigenvalue weighted by atomic mass is 16.5. The molecule has 0 aromatic heterocycles. The van der Waals surface area contributed by atoms with E-state index in [4.69, 9.17) is 9.84 Å². The van der Waals surface area contributed by atoms with Gasteiger partial charge in [-0.2, -0.15) is 0 Å². The van der Waals surface area contributed by atoms with Crippen LogP contribution in [-0.4, -0.2) is 41.3 Å². The lowest BCUT2D eigenvalue weighted by atomic mass is 9.98. The van der Waals surface area contributed by atoms with Crippen LogP contribution in [0.25, 0.3) is 11.1 Å². The molecule has 33 heavy (non-hydrogen) atoms. The quantitative estimate of drug-likeness (QED) is 0.477. The second kappa shape index (κ2) is 9.48. The summed E-state index contributed by atoms with van der Waals surface area (Å²) >= 11 is 0. The van der Waals surface area contributed by atoms with Crippen LogP contribution < -0.4 is 10.6 Å². The van der Waals surface area contributed by atoms with Crippen LogP contribution in [0.5, 0.6) is 0 Å². The highest BCUT2D eigenvalue weighted by Crippen LogP contribution is 2.44. The molecule has 0 radical (unpaired) electrons. The maximum Gasteiger partial charge on any atom is 0.407 e. The van der Waals surface area contributed by atoms with Gasteiger partial charge in [0.2, 0.25) is 5.91 Å². The fourth-order valence-corrected chi connectivity index (χ4v) is 4.47. The van der Waals surface area contributed by atoms with Gasteiger partial charge in [0.05, 0.1) is 12.0 Å². The third-order valence-corrected chi connectivity index (χ3v) is 6.34. The molecule has 0 bridgehead atoms. The van der Waals surface area contributed by atoms with Crippen molar-refractivity contribution in [1.29, 1.82) is 0 Å². The van der Waals surface area contributed by atoms with E-state index in [0.717, 1.165) is 22.3 Å². The lowest BCUT2D eigenvalue weighted by Crippen LogP contribution is -2.51. The van der Waals surface area contributed by atoms with Crippen LogP contribution in [-0.2, 0) is 14.3 Å². The average molecular weight is 449 g/mol. The zero-order chi connectivity index (χ0) is 23.4. The van der Waals surface area contributed by atoms with Gasteiger partial charge in [-0.3, -0.25) is 9.59 Å². The fraction of sp³-hybridized carbons (Fsp3) is 0.346. The van der Waals surface area contributed by atoms with Crippen LogP contribution in [0.1, 0.15) is 49.1 Å². The van der Waals surface area contributed by atoms with Crippen molar-refractivity contribution in [2.75, 3.05) is 6.61 Å². The van der Waals surface area contributed by atoms with Gasteiger partial charge in [0.15, 0.2) is 0 Å². The molecule has 7 heteroatoms. The molecular formula is C26H28N2O5. The van der Waals surface area contributed by atoms with E-state index in [2.05, 4.69) is 29.3 Å². The van der Waals surface area contributed by atoms with Crippen LogP contribution in [0.4, 0.5) is 4.79 Å². The lowest BCUT2D eigenvalue weighted by Gasteiger charge is -2.22. The monoisotopic (exact) mass is 448 g/mol. The number of rotatable bonds is 10. The van der Waals surface area contributed by atoms with Crippen molar-refractivity contribution in [3.05, 3.63) is 72.3 Å². The standard InChI is InChI=1S/C26H28N2O5/c1-2-3-12-22(24(31)28-26(13-14-26)15-23(29)30)27-25(32)33-16-21-19-10-6-4-8-17(19)18-9-5-7-11-20(18)21/h2,4-11,21-22H,1,3,12-16H2,(H,27,32)(H,28,31)(H,29,30). The lowest BCUT2D eigenvalue weighted by molar-refractivity contribution is -0.138. The predicted octanol–water partition coefficient (Wildman–Crippen LogP) is 3.98. The summed E-state index contributed by atoms with van der Waals surface area (Å²) in [4.78, 5) is 36.5. The Balaban J connectivity index is 1.39. The number of carbonyl (C=O) groups is 3. The molecule has 1 unspecified atom stereocenters. The van der Waals surface area contributed by atoms with Crippen molar-refractivity contribution in [3.8, 4) is 11.1 Å². The molecule has 0 aliphatic heterocycles. The van der Waals surface area contributed by atoms with Crippen molar-refractivity contribution in [3.63, 3.8) is 0 Å². The van der Waals surface area contributed by atoms with Gasteiger partial charge in [-0.15, -0.1) is 6.58 Å². The van der Waals surface area contributed by atoms with E-state index in [-0.39, 0.29) is 18.9 Å². The predicted molar refractivity (Wildman–Crippen MR) is 124 cm³/mol. The molecule has 1 fully saturated rings. The normalized spacial score (nSPS) is 16.1. The summed E-state index contributed by atoms with van der Waals surface area (Å²) in [5, 5.41) is 14.6. The Morgan fingerprint density at radius 2 is 1.70 bits per heavy atom. The summed E-state index contributed by atoms with van der Waals surface area (Å²) in [6, 6.07) is 15.3. The topological polar surface area (TPSA) is 105 Å². The maximum absolute atomic E-state index is 12.8. The van der Waals surface area contributed by atoms with Gasteiger partial charge in [0.25, 0.3) is 0 Å². The van der Waals surface area contributed by atoms with E-state index >= 15 is 0 Å². The minimum Gasteiger partial charge on any atom is -0.481 e. The number of benzene rings is 2. The molecule has 0 spiro atoms. The molecule has 172 valence electrons. The molecule has 0 saturated heterocycles. The summed E-state index contributed by atoms with van der Waals surface area (Å²) in [7, 11) is 0. The zero-order valence-corrected chi connectivity index (χ0v) is 18.4. The molecule has 4 rings (SSSR count). The highest BCUT2D eigenvalue weighted by Gasteiger charge is 2.46. The first kappa shape index (κ1) is 22.6. The van der Waals surface area contributed by atoms with Gasteiger partial charge in [0.1, 0.15) is 12.6 Å². The molecule has 0 heterocycles. The number of fused-ring (bicyclic) bond motifs is 3. The Morgan fingerprint density at radius 3 is 2.24 bits per heavy atom. The maximum atomic E-state index is 12.8. The smallest absolute Gasteiger partial charge is 0.407 e. The third-order valence-electron chi connectivity index (χ3n) is 6.34. The Kier molecular flexibility index (Phi) is 6.49. The number of hydrogen-bond donors (Lipinski definition) is 3. The van der Waals surface area contributed by atoms with Gasteiger partial charge in [-0.05, 0) is 47.9 Å². The van der Waals surface area contributed by atoms with Gasteiger partial charge in [-0.25, -0.2) is 4.79 Å². The van der Waals surface area contributed by atoms with Gasteiger partial charge in [-0.1, -0.05) is 54.6 Å². The number of nitrogens with one attached hydrogen (secondary N) is 2. The molecule has 2 aromatic rings. The second-order valence-corrected chi connectivity index (χ2v) is 8.73. The van der Waals surface area contributed by atoms with Crippen molar-refractivity contribution >= 4 is 18.0 Å². The SMILES string of the molecule is C=CCCC(NC(=O)OCC1c2ccccc2-c2ccccc21)C(=O)NC1(CC(=O)O)CC1. The van der Waals surface area contributed by atoms with Crippen LogP contribution in [0.3, 0.4) is 0 Å². The summed E-state index contributed by atoms with van der Waals surface area (Å²) in [6.45, 7) is 3.83. The third kappa shape index (κ3) is 5.08. The summed E-state index contributed by atoms with van der Waals surface area (Å²) in [5.74, 6) is -1.43. The van der Waals surface area contributed by atoms with E-state index in [0.29, 0.717) is 25.7 Å². The van der Waals surface area contributed by atoms with Crippen molar-refractivity contribution in [2.45, 2.75) is 49.6 Å². The van der Waals surface area contributed by atoms with Crippen LogP contribution >= 0.6 is 0 Å². The van der Waals surface area contributed by atoms with E-state index in [1.165, 1.54) is 0 Å². The molecule has 2 aliphatic rings. The number of aliphatic carboxylic acids is 1. The molecule has 2 amide bonds. The number of alkyl carbamates (subject to hydrolysis) is 1. The largest absolute Gasteiger partial charge is 0.481 e. The number of ether oxygens (including phenoxy) is 1. The van der Waals surface area contributed by atoms with E-state index < -0.39 is 29.6 Å². The van der Waals surface area contributed by atoms with E-state index in [1.54, 1.807) is 6.08 Å². The molecule has 3 N–H and O–H groups in total. The average Bonchev–Trinajstić information content (AvgIpc) is 3.46. The summed E-state index contributed by atoms with van der Waals surface area (Å²) < 4.78 is 5.56. The van der Waals surface area contributed by atoms with Crippen LogP contribution in [0.15, 0.2) is 61.2 Å². The number of amides is 2.